The van der Waals surface area contributed by atoms with Crippen LogP contribution in [0.25, 0.3) is 11.3 Å². The number of benzene rings is 2. The van der Waals surface area contributed by atoms with E-state index in [0.717, 1.165) is 72.7 Å². The van der Waals surface area contributed by atoms with E-state index in [9.17, 15) is 4.79 Å². The highest BCUT2D eigenvalue weighted by atomic mass is 16.5. The molecule has 2 aliphatic rings. The summed E-state index contributed by atoms with van der Waals surface area (Å²) in [6, 6.07) is 16.4. The molecule has 1 atom stereocenters. The number of rotatable bonds is 5. The van der Waals surface area contributed by atoms with E-state index >= 15 is 0 Å². The molecule has 0 radical (unpaired) electrons. The van der Waals surface area contributed by atoms with Gasteiger partial charge in [0.05, 0.1) is 18.3 Å². The van der Waals surface area contributed by atoms with Gasteiger partial charge in [-0.3, -0.25) is 9.69 Å². The molecule has 2 aliphatic heterocycles. The molecule has 2 aromatic carbocycles. The predicted molar refractivity (Wildman–Crippen MR) is 136 cm³/mol. The number of carbonyl (C=O) groups is 1. The maximum atomic E-state index is 13.1. The second-order valence-electron chi connectivity index (χ2n) is 9.14. The number of methoxy groups -OCH3 is 1. The Kier molecular flexibility index (Phi) is 7.32. The van der Waals surface area contributed by atoms with Gasteiger partial charge in [0.15, 0.2) is 0 Å². The van der Waals surface area contributed by atoms with Gasteiger partial charge < -0.3 is 20.7 Å². The zero-order valence-corrected chi connectivity index (χ0v) is 20.1. The standard InChI is InChI=1S/C27H32N6O2/c1-35-11-9-28-16-20-12-21-15-23(14-20)31-27-29-8-7-24(32-27)22-5-2-4-19(13-22)17-30-26(34)25-6-3-10-33(25)18-21/h2,4-5,7-8,12-15,25,28H,3,6,9-11,16-18H2,1H3,(H,30,34)(H,29,31,32)/t25-/m0/s1. The Hall–Kier alpha value is -3.33. The Labute approximate surface area is 206 Å². The van der Waals surface area contributed by atoms with Crippen LogP contribution in [0.3, 0.4) is 0 Å². The Morgan fingerprint density at radius 2 is 2.11 bits per heavy atom. The highest BCUT2D eigenvalue weighted by Crippen LogP contribution is 2.26. The van der Waals surface area contributed by atoms with Crippen molar-refractivity contribution in [2.45, 2.75) is 38.5 Å². The summed E-state index contributed by atoms with van der Waals surface area (Å²) in [4.78, 5) is 24.6. The molecule has 182 valence electrons. The van der Waals surface area contributed by atoms with Gasteiger partial charge in [0.25, 0.3) is 0 Å². The van der Waals surface area contributed by atoms with Crippen LogP contribution in [0.4, 0.5) is 11.6 Å². The number of carbonyl (C=O) groups excluding carboxylic acids is 1. The molecule has 1 amide bonds. The predicted octanol–water partition coefficient (Wildman–Crippen LogP) is 3.22. The van der Waals surface area contributed by atoms with E-state index < -0.39 is 0 Å². The van der Waals surface area contributed by atoms with Crippen molar-refractivity contribution < 1.29 is 9.53 Å². The van der Waals surface area contributed by atoms with Crippen molar-refractivity contribution in [3.05, 3.63) is 71.4 Å². The Balaban J connectivity index is 1.51. The molecule has 1 aromatic heterocycles. The Morgan fingerprint density at radius 1 is 1.17 bits per heavy atom. The first-order valence-corrected chi connectivity index (χ1v) is 12.2. The number of anilines is 2. The molecule has 5 rings (SSSR count). The highest BCUT2D eigenvalue weighted by Gasteiger charge is 2.30. The summed E-state index contributed by atoms with van der Waals surface area (Å²) < 4.78 is 5.16. The number of amides is 1. The first-order valence-electron chi connectivity index (χ1n) is 12.2. The highest BCUT2D eigenvalue weighted by molar-refractivity contribution is 5.82. The third-order valence-electron chi connectivity index (χ3n) is 6.52. The van der Waals surface area contributed by atoms with Crippen molar-refractivity contribution in [2.24, 2.45) is 0 Å². The lowest BCUT2D eigenvalue weighted by Crippen LogP contribution is -2.42. The largest absolute Gasteiger partial charge is 0.383 e. The summed E-state index contributed by atoms with van der Waals surface area (Å²) in [5.74, 6) is 0.655. The van der Waals surface area contributed by atoms with E-state index in [2.05, 4.69) is 50.1 Å². The molecule has 0 spiro atoms. The normalized spacial score (nSPS) is 18.0. The van der Waals surface area contributed by atoms with Crippen molar-refractivity contribution in [1.29, 1.82) is 0 Å². The van der Waals surface area contributed by atoms with Crippen LogP contribution in [0, 0.1) is 0 Å². The van der Waals surface area contributed by atoms with Crippen LogP contribution in [0.5, 0.6) is 0 Å². The fraction of sp³-hybridized carbons (Fsp3) is 0.370. The molecule has 0 saturated carbocycles. The van der Waals surface area contributed by atoms with Crippen LogP contribution in [-0.4, -0.2) is 53.6 Å². The van der Waals surface area contributed by atoms with Crippen molar-refractivity contribution in [3.8, 4) is 11.3 Å². The summed E-state index contributed by atoms with van der Waals surface area (Å²) in [6.07, 6.45) is 3.68. The minimum absolute atomic E-state index is 0.0973. The topological polar surface area (TPSA) is 91.4 Å². The van der Waals surface area contributed by atoms with Crippen molar-refractivity contribution in [3.63, 3.8) is 0 Å². The molecule has 35 heavy (non-hydrogen) atoms. The Morgan fingerprint density at radius 3 is 3.03 bits per heavy atom. The van der Waals surface area contributed by atoms with Crippen LogP contribution >= 0.6 is 0 Å². The van der Waals surface area contributed by atoms with Crippen molar-refractivity contribution in [2.75, 3.05) is 32.1 Å². The molecule has 1 fully saturated rings. The quantitative estimate of drug-likeness (QED) is 0.491. The summed E-state index contributed by atoms with van der Waals surface area (Å²) in [6.45, 7) is 4.30. The molecule has 8 heteroatoms. The third-order valence-corrected chi connectivity index (χ3v) is 6.52. The molecular formula is C27H32N6O2. The molecule has 3 heterocycles. The van der Waals surface area contributed by atoms with Crippen LogP contribution in [0.1, 0.15) is 29.5 Å². The number of hydrogen-bond donors (Lipinski definition) is 3. The van der Waals surface area contributed by atoms with Gasteiger partial charge in [0, 0.05) is 50.7 Å². The average Bonchev–Trinajstić information content (AvgIpc) is 3.33. The van der Waals surface area contributed by atoms with Crippen LogP contribution in [0.15, 0.2) is 54.7 Å². The monoisotopic (exact) mass is 472 g/mol. The zero-order valence-electron chi connectivity index (χ0n) is 20.1. The lowest BCUT2D eigenvalue weighted by atomic mass is 10.1. The smallest absolute Gasteiger partial charge is 0.237 e. The van der Waals surface area contributed by atoms with E-state index in [0.29, 0.717) is 19.1 Å². The summed E-state index contributed by atoms with van der Waals surface area (Å²) in [5.41, 5.74) is 6.13. The summed E-state index contributed by atoms with van der Waals surface area (Å²) in [7, 11) is 1.70. The maximum absolute atomic E-state index is 13.1. The number of aromatic nitrogens is 2. The van der Waals surface area contributed by atoms with Crippen LogP contribution in [0.2, 0.25) is 0 Å². The number of ether oxygens (including phenoxy) is 1. The first kappa shape index (κ1) is 23.4. The van der Waals surface area contributed by atoms with E-state index in [1.165, 1.54) is 0 Å². The van der Waals surface area contributed by atoms with Gasteiger partial charge in [-0.25, -0.2) is 9.97 Å². The van der Waals surface area contributed by atoms with Gasteiger partial charge in [0.1, 0.15) is 0 Å². The lowest BCUT2D eigenvalue weighted by Gasteiger charge is -2.24. The van der Waals surface area contributed by atoms with Gasteiger partial charge in [-0.2, -0.15) is 0 Å². The molecule has 1 saturated heterocycles. The molecule has 6 bridgehead atoms. The van der Waals surface area contributed by atoms with Gasteiger partial charge in [-0.05, 0) is 60.3 Å². The molecule has 8 nitrogen and oxygen atoms in total. The van der Waals surface area contributed by atoms with Gasteiger partial charge in [0.2, 0.25) is 11.9 Å². The fourth-order valence-electron chi connectivity index (χ4n) is 4.84. The molecular weight excluding hydrogens is 440 g/mol. The van der Waals surface area contributed by atoms with Gasteiger partial charge in [-0.15, -0.1) is 0 Å². The van der Waals surface area contributed by atoms with Gasteiger partial charge >= 0.3 is 0 Å². The number of fused-ring (bicyclic) bond motifs is 8. The molecule has 0 aliphatic carbocycles. The van der Waals surface area contributed by atoms with E-state index in [1.807, 2.05) is 24.3 Å². The minimum atomic E-state index is -0.109. The second-order valence-corrected chi connectivity index (χ2v) is 9.14. The van der Waals surface area contributed by atoms with E-state index in [1.54, 1.807) is 13.3 Å². The maximum Gasteiger partial charge on any atom is 0.237 e. The lowest BCUT2D eigenvalue weighted by molar-refractivity contribution is -0.125. The molecule has 3 N–H and O–H groups in total. The summed E-state index contributed by atoms with van der Waals surface area (Å²) in [5, 5.41) is 10.00. The van der Waals surface area contributed by atoms with E-state index in [4.69, 9.17) is 9.72 Å². The fourth-order valence-corrected chi connectivity index (χ4v) is 4.84. The van der Waals surface area contributed by atoms with Crippen LogP contribution in [-0.2, 0) is 29.2 Å². The van der Waals surface area contributed by atoms with Gasteiger partial charge in [-0.1, -0.05) is 24.3 Å². The molecule has 3 aromatic rings. The average molecular weight is 473 g/mol. The first-order chi connectivity index (χ1) is 17.2. The van der Waals surface area contributed by atoms with Crippen molar-refractivity contribution in [1.82, 2.24) is 25.5 Å². The number of nitrogens with one attached hydrogen (secondary N) is 3. The van der Waals surface area contributed by atoms with E-state index in [-0.39, 0.29) is 11.9 Å². The second kappa shape index (κ2) is 10.9. The third kappa shape index (κ3) is 5.85. The minimum Gasteiger partial charge on any atom is -0.383 e. The summed E-state index contributed by atoms with van der Waals surface area (Å²) >= 11 is 0. The Bertz CT molecular complexity index is 1180. The number of nitrogens with zero attached hydrogens (tertiary/aromatic N) is 3. The van der Waals surface area contributed by atoms with Crippen LogP contribution < -0.4 is 16.0 Å². The zero-order chi connectivity index (χ0) is 24.0. The SMILES string of the molecule is COCCNCc1cc2cc(c1)Nc1nccc(n1)-c1cccc(c1)CNC(=O)[C@@H]1CCCN1C2. The number of hydrogen-bond acceptors (Lipinski definition) is 7. The van der Waals surface area contributed by atoms with Crippen molar-refractivity contribution >= 4 is 17.5 Å². The molecule has 0 unspecified atom stereocenters.